The smallest absolute Gasteiger partial charge is 0.302 e. The fourth-order valence-corrected chi connectivity index (χ4v) is 7.18. The first-order valence-corrected chi connectivity index (χ1v) is 15.2. The second-order valence-corrected chi connectivity index (χ2v) is 12.7. The van der Waals surface area contributed by atoms with Gasteiger partial charge in [-0.1, -0.05) is 61.3 Å². The number of fused-ring (bicyclic) bond motifs is 1. The largest absolute Gasteiger partial charge is 0.497 e. The van der Waals surface area contributed by atoms with E-state index < -0.39 is 0 Å². The van der Waals surface area contributed by atoms with Crippen LogP contribution in [0.15, 0.2) is 55.1 Å². The highest BCUT2D eigenvalue weighted by Crippen LogP contribution is 2.51. The lowest BCUT2D eigenvalue weighted by Gasteiger charge is -2.56. The number of methoxy groups -OCH3 is 1. The highest BCUT2D eigenvalue weighted by Gasteiger charge is 2.54. The molecule has 1 saturated carbocycles. The van der Waals surface area contributed by atoms with Crippen LogP contribution in [-0.2, 0) is 26.2 Å². The van der Waals surface area contributed by atoms with Gasteiger partial charge in [0.05, 0.1) is 23.6 Å². The maximum absolute atomic E-state index is 14.0. The molecule has 4 rings (SSSR count). The topological polar surface area (TPSA) is 59.1 Å². The molecular weight excluding hydrogens is 559 g/mol. The zero-order valence-electron chi connectivity index (χ0n) is 24.6. The van der Waals surface area contributed by atoms with E-state index in [-0.39, 0.29) is 47.7 Å². The number of nitrogens with zero attached hydrogens (tertiary/aromatic N) is 2. The van der Waals surface area contributed by atoms with Crippen LogP contribution in [0, 0.1) is 11.8 Å². The van der Waals surface area contributed by atoms with E-state index in [1.807, 2.05) is 29.2 Å². The van der Waals surface area contributed by atoms with Crippen molar-refractivity contribution < 1.29 is 19.1 Å². The average Bonchev–Trinajstić information content (AvgIpc) is 2.93. The van der Waals surface area contributed by atoms with Crippen molar-refractivity contribution in [2.24, 2.45) is 11.8 Å². The number of likely N-dealkylation sites (tertiary alicyclic amines) is 1. The molecule has 2 fully saturated rings. The highest BCUT2D eigenvalue weighted by molar-refractivity contribution is 6.42. The monoisotopic (exact) mass is 600 g/mol. The maximum Gasteiger partial charge on any atom is 0.302 e. The zero-order chi connectivity index (χ0) is 29.7. The van der Waals surface area contributed by atoms with Gasteiger partial charge in [0.2, 0.25) is 5.91 Å². The molecule has 1 unspecified atom stereocenters. The van der Waals surface area contributed by atoms with Gasteiger partial charge in [-0.15, -0.1) is 6.58 Å². The first-order chi connectivity index (χ1) is 19.6. The molecule has 6 nitrogen and oxygen atoms in total. The molecule has 222 valence electrons. The first kappa shape index (κ1) is 31.4. The molecule has 0 aromatic heterocycles. The number of hydrogen-bond donors (Lipinski definition) is 0. The van der Waals surface area contributed by atoms with Gasteiger partial charge < -0.3 is 14.4 Å². The number of hydrogen-bond acceptors (Lipinski definition) is 5. The van der Waals surface area contributed by atoms with Crippen LogP contribution in [-0.4, -0.2) is 67.1 Å². The van der Waals surface area contributed by atoms with E-state index in [9.17, 15) is 9.59 Å². The first-order valence-electron chi connectivity index (χ1n) is 14.4. The van der Waals surface area contributed by atoms with Crippen molar-refractivity contribution in [3.63, 3.8) is 0 Å². The van der Waals surface area contributed by atoms with E-state index in [4.69, 9.17) is 32.7 Å². The Labute approximate surface area is 254 Å². The zero-order valence-corrected chi connectivity index (χ0v) is 26.1. The molecule has 0 spiro atoms. The lowest BCUT2D eigenvalue weighted by molar-refractivity contribution is -0.161. The summed E-state index contributed by atoms with van der Waals surface area (Å²) >= 11 is 12.4. The number of carbonyl (C=O) groups is 2. The van der Waals surface area contributed by atoms with Crippen LogP contribution in [0.2, 0.25) is 10.0 Å². The third-order valence-electron chi connectivity index (χ3n) is 8.60. The minimum atomic E-state index is -0.336. The van der Waals surface area contributed by atoms with Crippen molar-refractivity contribution in [1.29, 1.82) is 0 Å². The van der Waals surface area contributed by atoms with E-state index in [1.165, 1.54) is 12.5 Å². The SMILES string of the molecule is C=CCN1CC[C@@]2(c3cccc(OC)c3)C[C@H](N(CC(C)C)C(=O)Cc3ccc(Cl)c(Cl)c3)CC(OC(C)=O)[C@@H]2C1. The summed E-state index contributed by atoms with van der Waals surface area (Å²) in [6.45, 7) is 12.7. The van der Waals surface area contributed by atoms with Gasteiger partial charge in [0.25, 0.3) is 0 Å². The fourth-order valence-electron chi connectivity index (χ4n) is 6.86. The number of ether oxygens (including phenoxy) is 2. The summed E-state index contributed by atoms with van der Waals surface area (Å²) < 4.78 is 11.7. The highest BCUT2D eigenvalue weighted by atomic mass is 35.5. The van der Waals surface area contributed by atoms with Crippen LogP contribution in [0.3, 0.4) is 0 Å². The van der Waals surface area contributed by atoms with Gasteiger partial charge in [0, 0.05) is 50.4 Å². The molecule has 2 aromatic carbocycles. The molecule has 0 N–H and O–H groups in total. The Kier molecular flexibility index (Phi) is 10.4. The molecule has 2 aliphatic rings. The molecule has 0 radical (unpaired) electrons. The molecular formula is C33H42Cl2N2O4. The van der Waals surface area contributed by atoms with Crippen molar-refractivity contribution in [2.75, 3.05) is 33.3 Å². The van der Waals surface area contributed by atoms with Gasteiger partial charge in [-0.3, -0.25) is 14.5 Å². The maximum atomic E-state index is 14.0. The number of carbonyl (C=O) groups excluding carboxylic acids is 2. The summed E-state index contributed by atoms with van der Waals surface area (Å²) in [7, 11) is 1.68. The molecule has 1 amide bonds. The summed E-state index contributed by atoms with van der Waals surface area (Å²) in [5, 5.41) is 0.901. The van der Waals surface area contributed by atoms with Gasteiger partial charge in [-0.25, -0.2) is 0 Å². The lowest BCUT2D eigenvalue weighted by atomic mass is 9.56. The van der Waals surface area contributed by atoms with Crippen LogP contribution in [0.25, 0.3) is 0 Å². The fraction of sp³-hybridized carbons (Fsp3) is 0.515. The minimum Gasteiger partial charge on any atom is -0.497 e. The Morgan fingerprint density at radius 1 is 1.20 bits per heavy atom. The second-order valence-electron chi connectivity index (χ2n) is 11.9. The Morgan fingerprint density at radius 3 is 2.63 bits per heavy atom. The minimum absolute atomic E-state index is 0.0343. The normalized spacial score (nSPS) is 24.4. The Morgan fingerprint density at radius 2 is 1.98 bits per heavy atom. The summed E-state index contributed by atoms with van der Waals surface area (Å²) in [6.07, 6.45) is 4.07. The number of esters is 1. The quantitative estimate of drug-likeness (QED) is 0.228. The Balaban J connectivity index is 1.76. The van der Waals surface area contributed by atoms with E-state index in [2.05, 4.69) is 37.5 Å². The van der Waals surface area contributed by atoms with E-state index in [1.54, 1.807) is 19.2 Å². The standard InChI is InChI=1S/C33H42Cl2N2O4/c1-6-13-36-14-12-33(25-8-7-9-27(17-25)40-5)19-26(18-31(28(33)21-36)41-23(4)38)37(20-22(2)3)32(39)16-24-10-11-29(34)30(35)15-24/h6-11,15,17,22,26,28,31H,1,12-14,16,18-21H2,2-5H3/t26-,28+,31?,33+/m1/s1. The Hall–Kier alpha value is -2.54. The number of rotatable bonds is 10. The predicted octanol–water partition coefficient (Wildman–Crippen LogP) is 6.57. The number of piperidine rings is 1. The third kappa shape index (κ3) is 7.28. The summed E-state index contributed by atoms with van der Waals surface area (Å²) in [5.41, 5.74) is 1.70. The van der Waals surface area contributed by atoms with Crippen molar-refractivity contribution in [3.8, 4) is 5.75 Å². The third-order valence-corrected chi connectivity index (χ3v) is 9.34. The summed E-state index contributed by atoms with van der Waals surface area (Å²) in [4.78, 5) is 30.9. The van der Waals surface area contributed by atoms with Gasteiger partial charge in [0.1, 0.15) is 11.9 Å². The average molecular weight is 602 g/mol. The molecule has 2 aromatic rings. The van der Waals surface area contributed by atoms with E-state index >= 15 is 0 Å². The molecule has 1 aliphatic heterocycles. The molecule has 0 bridgehead atoms. The lowest BCUT2D eigenvalue weighted by Crippen LogP contribution is -2.62. The number of amides is 1. The van der Waals surface area contributed by atoms with Gasteiger partial charge in [0.15, 0.2) is 0 Å². The molecule has 8 heteroatoms. The van der Waals surface area contributed by atoms with Crippen LogP contribution < -0.4 is 4.74 Å². The molecule has 1 saturated heterocycles. The van der Waals surface area contributed by atoms with Crippen molar-refractivity contribution in [2.45, 2.75) is 64.0 Å². The molecule has 41 heavy (non-hydrogen) atoms. The van der Waals surface area contributed by atoms with Gasteiger partial charge in [-0.05, 0) is 60.7 Å². The van der Waals surface area contributed by atoms with Gasteiger partial charge in [-0.2, -0.15) is 0 Å². The predicted molar refractivity (Wildman–Crippen MR) is 165 cm³/mol. The number of benzene rings is 2. The van der Waals surface area contributed by atoms with Gasteiger partial charge >= 0.3 is 5.97 Å². The Bertz CT molecular complexity index is 1250. The van der Waals surface area contributed by atoms with Crippen molar-refractivity contribution >= 4 is 35.1 Å². The molecule has 1 heterocycles. The van der Waals surface area contributed by atoms with Crippen molar-refractivity contribution in [3.05, 3.63) is 76.3 Å². The van der Waals surface area contributed by atoms with Crippen LogP contribution in [0.4, 0.5) is 0 Å². The number of halogens is 2. The molecule has 4 atom stereocenters. The summed E-state index contributed by atoms with van der Waals surface area (Å²) in [6, 6.07) is 13.5. The second kappa shape index (κ2) is 13.6. The van der Waals surface area contributed by atoms with E-state index in [0.717, 1.165) is 43.8 Å². The van der Waals surface area contributed by atoms with Crippen LogP contribution >= 0.6 is 23.2 Å². The molecule has 1 aliphatic carbocycles. The van der Waals surface area contributed by atoms with Crippen LogP contribution in [0.1, 0.15) is 51.2 Å². The van der Waals surface area contributed by atoms with Crippen LogP contribution in [0.5, 0.6) is 5.75 Å². The van der Waals surface area contributed by atoms with Crippen molar-refractivity contribution in [1.82, 2.24) is 9.80 Å². The van der Waals surface area contributed by atoms with E-state index in [0.29, 0.717) is 23.0 Å². The summed E-state index contributed by atoms with van der Waals surface area (Å²) in [5.74, 6) is 0.861.